The molecule has 0 atom stereocenters. The third kappa shape index (κ3) is 3.51. The monoisotopic (exact) mass is 393 g/mol. The van der Waals surface area contributed by atoms with E-state index in [4.69, 9.17) is 0 Å². The van der Waals surface area contributed by atoms with E-state index in [0.717, 1.165) is 3.79 Å². The van der Waals surface area contributed by atoms with Gasteiger partial charge in [-0.1, -0.05) is 6.07 Å². The molecule has 0 unspecified atom stereocenters. The minimum Gasteiger partial charge on any atom is -0.347 e. The number of halogens is 2. The molecule has 3 aromatic rings. The minimum absolute atomic E-state index is 0.171. The number of benzene rings is 1. The van der Waals surface area contributed by atoms with E-state index in [1.165, 1.54) is 17.4 Å². The molecule has 23 heavy (non-hydrogen) atoms. The number of rotatable bonds is 4. The molecule has 3 rings (SSSR count). The highest BCUT2D eigenvalue weighted by Crippen LogP contribution is 2.22. The van der Waals surface area contributed by atoms with Crippen LogP contribution in [0.1, 0.15) is 21.1 Å². The van der Waals surface area contributed by atoms with Gasteiger partial charge < -0.3 is 9.88 Å². The van der Waals surface area contributed by atoms with E-state index in [9.17, 15) is 9.18 Å². The first-order chi connectivity index (χ1) is 11.0. The molecular weight excluding hydrogens is 381 g/mol. The Morgan fingerprint density at radius 2 is 2.22 bits per heavy atom. The zero-order valence-electron chi connectivity index (χ0n) is 12.2. The summed E-state index contributed by atoms with van der Waals surface area (Å²) in [5.41, 5.74) is 1.14. The van der Waals surface area contributed by atoms with Crippen molar-refractivity contribution in [3.63, 3.8) is 0 Å². The molecule has 1 N–H and O–H groups in total. The fourth-order valence-electron chi connectivity index (χ4n) is 2.19. The van der Waals surface area contributed by atoms with Crippen molar-refractivity contribution in [1.29, 1.82) is 0 Å². The average molecular weight is 394 g/mol. The Labute approximate surface area is 145 Å². The summed E-state index contributed by atoms with van der Waals surface area (Å²) < 4.78 is 16.9. The third-order valence-corrected chi connectivity index (χ3v) is 4.97. The van der Waals surface area contributed by atoms with E-state index in [1.807, 2.05) is 13.0 Å². The molecule has 0 aliphatic carbocycles. The molecule has 4 nitrogen and oxygen atoms in total. The zero-order chi connectivity index (χ0) is 16.4. The van der Waals surface area contributed by atoms with Gasteiger partial charge in [0, 0.05) is 18.9 Å². The molecule has 0 spiro atoms. The standard InChI is InChI=1S/C16H13BrFN3OS/c1-10-19-6-7-21(10)13-3-2-11(8-12(13)18)9-20-16(22)14-4-5-15(17)23-14/h2-8H,9H2,1H3,(H,20,22). The van der Waals surface area contributed by atoms with Crippen molar-refractivity contribution < 1.29 is 9.18 Å². The lowest BCUT2D eigenvalue weighted by atomic mass is 10.2. The summed E-state index contributed by atoms with van der Waals surface area (Å²) >= 11 is 4.68. The fraction of sp³-hybridized carbons (Fsp3) is 0.125. The highest BCUT2D eigenvalue weighted by Gasteiger charge is 2.10. The number of amides is 1. The van der Waals surface area contributed by atoms with Gasteiger partial charge in [-0.15, -0.1) is 11.3 Å². The molecule has 0 saturated heterocycles. The number of imidazole rings is 1. The van der Waals surface area contributed by atoms with Crippen molar-refractivity contribution in [2.75, 3.05) is 0 Å². The normalized spacial score (nSPS) is 10.7. The highest BCUT2D eigenvalue weighted by molar-refractivity contribution is 9.11. The van der Waals surface area contributed by atoms with E-state index in [0.29, 0.717) is 22.0 Å². The Morgan fingerprint density at radius 3 is 2.83 bits per heavy atom. The van der Waals surface area contributed by atoms with Crippen molar-refractivity contribution in [3.8, 4) is 5.69 Å². The molecule has 1 aromatic carbocycles. The van der Waals surface area contributed by atoms with Gasteiger partial charge in [-0.2, -0.15) is 0 Å². The molecule has 1 amide bonds. The summed E-state index contributed by atoms with van der Waals surface area (Å²) in [7, 11) is 0. The Morgan fingerprint density at radius 1 is 1.39 bits per heavy atom. The number of aromatic nitrogens is 2. The maximum absolute atomic E-state index is 14.3. The second kappa shape index (κ2) is 6.64. The van der Waals surface area contributed by atoms with Crippen LogP contribution in [0.4, 0.5) is 4.39 Å². The average Bonchev–Trinajstić information content (AvgIpc) is 3.14. The second-order valence-electron chi connectivity index (χ2n) is 4.92. The number of nitrogens with one attached hydrogen (secondary N) is 1. The van der Waals surface area contributed by atoms with E-state index in [-0.39, 0.29) is 18.3 Å². The molecule has 2 heterocycles. The second-order valence-corrected chi connectivity index (χ2v) is 7.38. The Kier molecular flexibility index (Phi) is 4.58. The minimum atomic E-state index is -0.350. The molecule has 118 valence electrons. The van der Waals surface area contributed by atoms with E-state index in [1.54, 1.807) is 35.2 Å². The number of nitrogens with zero attached hydrogens (tertiary/aromatic N) is 2. The third-order valence-electron chi connectivity index (χ3n) is 3.35. The predicted molar refractivity (Wildman–Crippen MR) is 91.4 cm³/mol. The molecular formula is C16H13BrFN3OS. The van der Waals surface area contributed by atoms with Crippen LogP contribution in [0.15, 0.2) is 46.5 Å². The number of thiophene rings is 1. The molecule has 0 aliphatic heterocycles. The van der Waals surface area contributed by atoms with Crippen molar-refractivity contribution >= 4 is 33.2 Å². The quantitative estimate of drug-likeness (QED) is 0.725. The summed E-state index contributed by atoms with van der Waals surface area (Å²) in [6, 6.07) is 8.48. The number of aryl methyl sites for hydroxylation is 1. The van der Waals surface area contributed by atoms with Crippen LogP contribution in [0.3, 0.4) is 0 Å². The maximum Gasteiger partial charge on any atom is 0.261 e. The molecule has 2 aromatic heterocycles. The number of carbonyl (C=O) groups excluding carboxylic acids is 1. The van der Waals surface area contributed by atoms with E-state index in [2.05, 4.69) is 26.2 Å². The first-order valence-corrected chi connectivity index (χ1v) is 8.48. The lowest BCUT2D eigenvalue weighted by molar-refractivity contribution is 0.0955. The van der Waals surface area contributed by atoms with Gasteiger partial charge in [-0.25, -0.2) is 9.37 Å². The maximum atomic E-state index is 14.3. The summed E-state index contributed by atoms with van der Waals surface area (Å²) in [6.45, 7) is 2.08. The Hall–Kier alpha value is -1.99. The summed E-state index contributed by atoms with van der Waals surface area (Å²) in [4.78, 5) is 16.7. The Balaban J connectivity index is 1.71. The summed E-state index contributed by atoms with van der Waals surface area (Å²) in [6.07, 6.45) is 3.34. The Bertz CT molecular complexity index is 859. The van der Waals surface area contributed by atoms with Crippen LogP contribution < -0.4 is 5.32 Å². The van der Waals surface area contributed by atoms with E-state index < -0.39 is 0 Å². The van der Waals surface area contributed by atoms with Crippen molar-refractivity contribution in [1.82, 2.24) is 14.9 Å². The smallest absolute Gasteiger partial charge is 0.261 e. The number of carbonyl (C=O) groups is 1. The van der Waals surface area contributed by atoms with Crippen LogP contribution >= 0.6 is 27.3 Å². The van der Waals surface area contributed by atoms with Gasteiger partial charge in [0.2, 0.25) is 0 Å². The summed E-state index contributed by atoms with van der Waals surface area (Å²) in [5.74, 6) is 0.195. The largest absolute Gasteiger partial charge is 0.347 e. The van der Waals surface area contributed by atoms with Crippen molar-refractivity contribution in [3.05, 3.63) is 68.6 Å². The molecule has 0 aliphatic rings. The van der Waals surface area contributed by atoms with Gasteiger partial charge in [-0.05, 0) is 52.7 Å². The van der Waals surface area contributed by atoms with Crippen molar-refractivity contribution in [2.45, 2.75) is 13.5 Å². The van der Waals surface area contributed by atoms with Crippen molar-refractivity contribution in [2.24, 2.45) is 0 Å². The number of hydrogen-bond donors (Lipinski definition) is 1. The first kappa shape index (κ1) is 15.9. The molecule has 0 bridgehead atoms. The molecule has 0 saturated carbocycles. The lowest BCUT2D eigenvalue weighted by Gasteiger charge is -2.09. The van der Waals surface area contributed by atoms with Gasteiger partial charge in [-0.3, -0.25) is 4.79 Å². The van der Waals surface area contributed by atoms with Gasteiger partial charge in [0.15, 0.2) is 0 Å². The van der Waals surface area contributed by atoms with Crippen LogP contribution in [-0.4, -0.2) is 15.5 Å². The van der Waals surface area contributed by atoms with Crippen LogP contribution in [-0.2, 0) is 6.54 Å². The highest BCUT2D eigenvalue weighted by atomic mass is 79.9. The first-order valence-electron chi connectivity index (χ1n) is 6.87. The van der Waals surface area contributed by atoms with Gasteiger partial charge in [0.05, 0.1) is 14.4 Å². The fourth-order valence-corrected chi connectivity index (χ4v) is 3.50. The SMILES string of the molecule is Cc1nccn1-c1ccc(CNC(=O)c2ccc(Br)s2)cc1F. The molecule has 0 radical (unpaired) electrons. The van der Waals surface area contributed by atoms with Gasteiger partial charge in [0.1, 0.15) is 11.6 Å². The molecule has 0 fully saturated rings. The van der Waals surface area contributed by atoms with Crippen LogP contribution in [0, 0.1) is 12.7 Å². The van der Waals surface area contributed by atoms with Crippen LogP contribution in [0.25, 0.3) is 5.69 Å². The topological polar surface area (TPSA) is 46.9 Å². The molecule has 7 heteroatoms. The van der Waals surface area contributed by atoms with Crippen LogP contribution in [0.5, 0.6) is 0 Å². The predicted octanol–water partition coefficient (Wildman–Crippen LogP) is 4.07. The van der Waals surface area contributed by atoms with E-state index >= 15 is 0 Å². The number of hydrogen-bond acceptors (Lipinski definition) is 3. The van der Waals surface area contributed by atoms with Crippen LogP contribution in [0.2, 0.25) is 0 Å². The van der Waals surface area contributed by atoms with Gasteiger partial charge in [0.25, 0.3) is 5.91 Å². The zero-order valence-corrected chi connectivity index (χ0v) is 14.6. The summed E-state index contributed by atoms with van der Waals surface area (Å²) in [5, 5.41) is 2.79. The lowest BCUT2D eigenvalue weighted by Crippen LogP contribution is -2.21. The van der Waals surface area contributed by atoms with Gasteiger partial charge >= 0.3 is 0 Å².